The molecule has 0 saturated carbocycles. The summed E-state index contributed by atoms with van der Waals surface area (Å²) < 4.78 is 7.53. The van der Waals surface area contributed by atoms with Crippen LogP contribution in [0.5, 0.6) is 0 Å². The lowest BCUT2D eigenvalue weighted by Crippen LogP contribution is -2.12. The summed E-state index contributed by atoms with van der Waals surface area (Å²) in [7, 11) is 0. The molecule has 0 aliphatic carbocycles. The van der Waals surface area contributed by atoms with Crippen LogP contribution in [-0.4, -0.2) is 4.98 Å². The van der Waals surface area contributed by atoms with Crippen molar-refractivity contribution >= 4 is 43.3 Å². The number of pyridine rings is 1. The second-order valence-corrected chi connectivity index (χ2v) is 12.9. The van der Waals surface area contributed by atoms with Crippen LogP contribution in [0.3, 0.4) is 0 Å². The van der Waals surface area contributed by atoms with Crippen molar-refractivity contribution in [1.82, 2.24) is 4.98 Å². The minimum absolute atomic E-state index is 0.0205. The average Bonchev–Trinajstić information content (AvgIpc) is 3.42. The van der Waals surface area contributed by atoms with Crippen molar-refractivity contribution < 1.29 is 4.42 Å². The highest BCUT2D eigenvalue weighted by atomic mass is 32.1. The zero-order valence-electron chi connectivity index (χ0n) is 22.5. The van der Waals surface area contributed by atoms with E-state index < -0.39 is 0 Å². The Hall–Kier alpha value is -3.43. The maximum absolute atomic E-state index is 6.20. The van der Waals surface area contributed by atoms with Crippen molar-refractivity contribution in [2.75, 3.05) is 0 Å². The molecule has 0 atom stereocenters. The Morgan fingerprint density at radius 2 is 1.68 bits per heavy atom. The van der Waals surface area contributed by atoms with Crippen molar-refractivity contribution in [3.63, 3.8) is 0 Å². The molecule has 6 aromatic rings. The molecule has 0 spiro atoms. The van der Waals surface area contributed by atoms with Crippen LogP contribution in [0.25, 0.3) is 54.3 Å². The van der Waals surface area contributed by atoms with Crippen molar-refractivity contribution in [3.8, 4) is 22.4 Å². The molecule has 2 nitrogen and oxygen atoms in total. The van der Waals surface area contributed by atoms with Gasteiger partial charge in [0.25, 0.3) is 0 Å². The molecule has 37 heavy (non-hydrogen) atoms. The fraction of sp³-hybridized carbons (Fsp3) is 0.265. The molecule has 0 N–H and O–H groups in total. The number of benzene rings is 3. The quantitative estimate of drug-likeness (QED) is 0.239. The third-order valence-corrected chi connectivity index (χ3v) is 8.18. The highest BCUT2D eigenvalue weighted by Gasteiger charge is 2.20. The molecule has 3 heterocycles. The second kappa shape index (κ2) is 8.85. The standard InChI is InChI=1S/C34H33NOS/c1-20(2)13-26-16-24-12-11-23(18-32(24)37-26)28-19-30(35-31-14-21(3)36-33(28)31)25-15-22-9-7-8-10-27(22)29(17-25)34(4,5)6/h7-12,14-20H,13H2,1-6H3. The predicted octanol–water partition coefficient (Wildman–Crippen LogP) is 10.3. The topological polar surface area (TPSA) is 26.0 Å². The molecule has 3 heteroatoms. The van der Waals surface area contributed by atoms with Crippen LogP contribution in [-0.2, 0) is 11.8 Å². The molecule has 186 valence electrons. The molecule has 0 amide bonds. The first-order valence-corrected chi connectivity index (χ1v) is 13.9. The van der Waals surface area contributed by atoms with Crippen molar-refractivity contribution in [1.29, 1.82) is 0 Å². The predicted molar refractivity (Wildman–Crippen MR) is 160 cm³/mol. The Bertz CT molecular complexity index is 1780. The smallest absolute Gasteiger partial charge is 0.160 e. The van der Waals surface area contributed by atoms with Crippen molar-refractivity contribution in [2.45, 2.75) is 53.4 Å². The van der Waals surface area contributed by atoms with Crippen LogP contribution in [0.1, 0.15) is 50.8 Å². The number of nitrogens with zero attached hydrogens (tertiary/aromatic N) is 1. The van der Waals surface area contributed by atoms with E-state index in [0.29, 0.717) is 5.92 Å². The van der Waals surface area contributed by atoms with Crippen molar-refractivity contribution in [3.05, 3.63) is 89.0 Å². The van der Waals surface area contributed by atoms with Crippen molar-refractivity contribution in [2.24, 2.45) is 5.92 Å². The lowest BCUT2D eigenvalue weighted by atomic mass is 9.82. The molecule has 3 aromatic carbocycles. The van der Waals surface area contributed by atoms with Crippen LogP contribution in [0.4, 0.5) is 0 Å². The maximum Gasteiger partial charge on any atom is 0.160 e. The van der Waals surface area contributed by atoms with Crippen LogP contribution in [0.15, 0.2) is 77.2 Å². The zero-order chi connectivity index (χ0) is 25.9. The van der Waals surface area contributed by atoms with Crippen LogP contribution in [0.2, 0.25) is 0 Å². The number of aryl methyl sites for hydroxylation is 1. The Morgan fingerprint density at radius 1 is 0.865 bits per heavy atom. The number of fused-ring (bicyclic) bond motifs is 3. The monoisotopic (exact) mass is 503 g/mol. The van der Waals surface area contributed by atoms with Gasteiger partial charge in [0.2, 0.25) is 0 Å². The van der Waals surface area contributed by atoms with Gasteiger partial charge in [0, 0.05) is 26.8 Å². The van der Waals surface area contributed by atoms with E-state index in [0.717, 1.165) is 40.1 Å². The molecule has 0 fully saturated rings. The Morgan fingerprint density at radius 3 is 2.46 bits per heavy atom. The molecule has 0 aliphatic rings. The highest BCUT2D eigenvalue weighted by molar-refractivity contribution is 7.19. The van der Waals surface area contributed by atoms with Gasteiger partial charge < -0.3 is 4.42 Å². The summed E-state index contributed by atoms with van der Waals surface area (Å²) in [5.74, 6) is 1.53. The van der Waals surface area contributed by atoms with Gasteiger partial charge in [-0.2, -0.15) is 0 Å². The van der Waals surface area contributed by atoms with E-state index in [4.69, 9.17) is 9.40 Å². The number of hydrogen-bond acceptors (Lipinski definition) is 3. The van der Waals surface area contributed by atoms with Crippen LogP contribution >= 0.6 is 11.3 Å². The minimum Gasteiger partial charge on any atom is -0.459 e. The summed E-state index contributed by atoms with van der Waals surface area (Å²) in [5, 5.41) is 3.86. The fourth-order valence-electron chi connectivity index (χ4n) is 5.34. The third-order valence-electron chi connectivity index (χ3n) is 7.06. The van der Waals surface area contributed by atoms with Crippen LogP contribution < -0.4 is 0 Å². The normalized spacial score (nSPS) is 12.4. The van der Waals surface area contributed by atoms with Gasteiger partial charge in [-0.15, -0.1) is 11.3 Å². The van der Waals surface area contributed by atoms with Gasteiger partial charge in [0.15, 0.2) is 5.58 Å². The number of hydrogen-bond donors (Lipinski definition) is 0. The van der Waals surface area contributed by atoms with Gasteiger partial charge in [-0.05, 0) is 82.3 Å². The third kappa shape index (κ3) is 4.46. The van der Waals surface area contributed by atoms with E-state index >= 15 is 0 Å². The average molecular weight is 504 g/mol. The largest absolute Gasteiger partial charge is 0.459 e. The van der Waals surface area contributed by atoms with Gasteiger partial charge in [0.1, 0.15) is 11.3 Å². The Balaban J connectivity index is 1.56. The molecule has 3 aromatic heterocycles. The lowest BCUT2D eigenvalue weighted by molar-refractivity contribution is 0.579. The van der Waals surface area contributed by atoms with E-state index in [1.165, 1.54) is 36.9 Å². The summed E-state index contributed by atoms with van der Waals surface area (Å²) in [6, 6.07) is 26.7. The van der Waals surface area contributed by atoms with Gasteiger partial charge in [-0.25, -0.2) is 4.98 Å². The minimum atomic E-state index is 0.0205. The highest BCUT2D eigenvalue weighted by Crippen LogP contribution is 2.39. The van der Waals surface area contributed by atoms with Gasteiger partial charge >= 0.3 is 0 Å². The fourth-order valence-corrected chi connectivity index (χ4v) is 6.65. The maximum atomic E-state index is 6.20. The number of aromatic nitrogens is 1. The molecule has 0 radical (unpaired) electrons. The summed E-state index contributed by atoms with van der Waals surface area (Å²) in [6.07, 6.45) is 1.12. The molecule has 0 bridgehead atoms. The molecular weight excluding hydrogens is 470 g/mol. The second-order valence-electron chi connectivity index (χ2n) is 11.7. The molecule has 0 unspecified atom stereocenters. The summed E-state index contributed by atoms with van der Waals surface area (Å²) in [6.45, 7) is 13.4. The van der Waals surface area contributed by atoms with E-state index in [2.05, 4.69) is 107 Å². The summed E-state index contributed by atoms with van der Waals surface area (Å²) >= 11 is 1.91. The first-order valence-electron chi connectivity index (χ1n) is 13.1. The Labute approximate surface area is 223 Å². The first kappa shape index (κ1) is 23.9. The zero-order valence-corrected chi connectivity index (χ0v) is 23.3. The van der Waals surface area contributed by atoms with Gasteiger partial charge in [0.05, 0.1) is 5.69 Å². The number of rotatable bonds is 4. The summed E-state index contributed by atoms with van der Waals surface area (Å²) in [4.78, 5) is 6.54. The SMILES string of the molecule is Cc1cc2nc(-c3cc(C(C)(C)C)c4ccccc4c3)cc(-c3ccc4cc(CC(C)C)sc4c3)c2o1. The molecule has 6 rings (SSSR count). The Kier molecular flexibility index (Phi) is 5.72. The van der Waals surface area contributed by atoms with Gasteiger partial charge in [-0.1, -0.05) is 71.0 Å². The molecule has 0 aliphatic heterocycles. The van der Waals surface area contributed by atoms with E-state index in [-0.39, 0.29) is 5.41 Å². The molecule has 0 saturated heterocycles. The van der Waals surface area contributed by atoms with E-state index in [9.17, 15) is 0 Å². The summed E-state index contributed by atoms with van der Waals surface area (Å²) in [5.41, 5.74) is 7.51. The van der Waals surface area contributed by atoms with E-state index in [1.54, 1.807) is 0 Å². The molecular formula is C34H33NOS. The lowest BCUT2D eigenvalue weighted by Gasteiger charge is -2.23. The van der Waals surface area contributed by atoms with E-state index in [1.807, 2.05) is 18.3 Å². The van der Waals surface area contributed by atoms with Crippen LogP contribution in [0, 0.1) is 12.8 Å². The van der Waals surface area contributed by atoms with Gasteiger partial charge in [-0.3, -0.25) is 0 Å². The first-order chi connectivity index (χ1) is 17.7. The number of furan rings is 1. The number of thiophene rings is 1.